The maximum atomic E-state index is 14.4. The zero-order valence-corrected chi connectivity index (χ0v) is 50.4. The van der Waals surface area contributed by atoms with Crippen molar-refractivity contribution in [2.24, 2.45) is 35.3 Å². The number of aliphatic carboxylic acids is 2. The lowest BCUT2D eigenvalue weighted by Crippen LogP contribution is -2.49. The quantitative estimate of drug-likeness (QED) is 0.0450. The first-order valence-electron chi connectivity index (χ1n) is 27.8. The highest BCUT2D eigenvalue weighted by molar-refractivity contribution is 8.00. The largest absolute Gasteiger partial charge is 0.480 e. The summed E-state index contributed by atoms with van der Waals surface area (Å²) in [6.45, 7) is 9.17. The zero-order chi connectivity index (χ0) is 63.1. The minimum Gasteiger partial charge on any atom is -0.480 e. The number of Topliss-reactive ketones (excluding diaryl/α,β-unsaturated/α-hetero) is 2. The number of fused-ring (bicyclic) bond motifs is 8. The number of ether oxygens (including phenoxy) is 5. The van der Waals surface area contributed by atoms with Crippen LogP contribution in [0.5, 0.6) is 0 Å². The van der Waals surface area contributed by atoms with Gasteiger partial charge in [0.25, 0.3) is 0 Å². The molecule has 85 heavy (non-hydrogen) atoms. The second-order valence-electron chi connectivity index (χ2n) is 21.2. The fourth-order valence-corrected chi connectivity index (χ4v) is 10.8. The Bertz CT molecular complexity index is 2760. The van der Waals surface area contributed by atoms with Crippen LogP contribution in [0.3, 0.4) is 0 Å². The average molecular weight is 1220 g/mol. The third kappa shape index (κ3) is 22.4. The van der Waals surface area contributed by atoms with Crippen molar-refractivity contribution in [2.45, 2.75) is 153 Å². The summed E-state index contributed by atoms with van der Waals surface area (Å²) in [5.41, 5.74) is 6.24. The number of methoxy groups -OCH3 is 3. The predicted octanol–water partition coefficient (Wildman–Crippen LogP) is 4.56. The first-order chi connectivity index (χ1) is 40.3. The lowest BCUT2D eigenvalue weighted by molar-refractivity contribution is -0.160. The van der Waals surface area contributed by atoms with Crippen LogP contribution in [0.4, 0.5) is 0 Å². The number of esters is 2. The molecule has 0 spiro atoms. The molecule has 0 saturated carbocycles. The molecule has 0 aliphatic carbocycles. The Kier molecular flexibility index (Phi) is 28.8. The number of carbonyl (C=O) groups excluding carboxylic acids is 7. The van der Waals surface area contributed by atoms with E-state index in [0.717, 1.165) is 11.8 Å². The molecule has 0 saturated heterocycles. The topological polar surface area (TPSA) is 392 Å². The number of nitrogens with zero attached hydrogens (tertiary/aromatic N) is 4. The van der Waals surface area contributed by atoms with E-state index in [1.54, 1.807) is 46.0 Å². The van der Waals surface area contributed by atoms with Crippen molar-refractivity contribution in [3.8, 4) is 23.2 Å². The van der Waals surface area contributed by atoms with Gasteiger partial charge in [-0.1, -0.05) is 46.8 Å². The smallest absolute Gasteiger partial charge is 0.322 e. The van der Waals surface area contributed by atoms with E-state index in [2.05, 4.69) is 25.6 Å². The Morgan fingerprint density at radius 1 is 0.929 bits per heavy atom. The molecule has 3 amide bonds. The van der Waals surface area contributed by atoms with Crippen LogP contribution in [-0.4, -0.2) is 177 Å². The molecule has 0 aromatic carbocycles. The minimum atomic E-state index is -1.48. The number of carboxylic acids is 2. The van der Waals surface area contributed by atoms with Gasteiger partial charge in [0.15, 0.2) is 11.4 Å². The Morgan fingerprint density at radius 3 is 2.26 bits per heavy atom. The molecule has 1 aliphatic heterocycles. The number of hydrogen-bond acceptors (Lipinski definition) is 23. The fraction of sp³-hybridized carbons (Fsp3) is 0.614. The second kappa shape index (κ2) is 34.7. The molecule has 27 nitrogen and oxygen atoms in total. The molecule has 1 aliphatic rings. The van der Waals surface area contributed by atoms with Crippen molar-refractivity contribution in [2.75, 3.05) is 40.7 Å². The monoisotopic (exact) mass is 1220 g/mol. The van der Waals surface area contributed by atoms with Gasteiger partial charge < -0.3 is 73.5 Å². The summed E-state index contributed by atoms with van der Waals surface area (Å²) in [6.07, 6.45) is 4.52. The summed E-state index contributed by atoms with van der Waals surface area (Å²) < 4.78 is 46.8. The van der Waals surface area contributed by atoms with E-state index in [1.807, 2.05) is 13.8 Å². The summed E-state index contributed by atoms with van der Waals surface area (Å²) in [5, 5.41) is 34.1. The molecule has 0 radical (unpaired) electrons. The van der Waals surface area contributed by atoms with Crippen LogP contribution < -0.4 is 16.4 Å². The normalized spacial score (nSPS) is 22.5. The average Bonchev–Trinajstić information content (AvgIpc) is 3.93. The van der Waals surface area contributed by atoms with Crippen molar-refractivity contribution in [3.63, 3.8) is 0 Å². The van der Waals surface area contributed by atoms with Gasteiger partial charge in [-0.15, -0.1) is 0 Å². The SMILES string of the molecule is CO[C@@H](C[C@H]1OC(=O)C[C@@H](O)C[C@@H](SC[C@H](NC(=O)CC[C@H](N)C(=O)O)C(=O)NCC(=O)O)CC(=O)[C@H](C)[C@@H](OC)c2coc(n2)-c2coc(n2)-c2coc(n2)C=CC[C@@H](OC)[C@@H]1C)[C@H](C)CCC(=O)[C@H](C)[C@H](OC(C)=O)[C@@H](C)C=CN(C)C=O. The van der Waals surface area contributed by atoms with Crippen molar-refractivity contribution in [3.05, 3.63) is 48.7 Å². The molecule has 0 unspecified atom stereocenters. The van der Waals surface area contributed by atoms with E-state index < -0.39 is 138 Å². The number of rotatable bonds is 27. The number of amides is 3. The molecular formula is C57H81N7O20S. The number of aliphatic hydroxyl groups excluding tert-OH is 1. The van der Waals surface area contributed by atoms with Gasteiger partial charge in [-0.25, -0.2) is 15.0 Å². The van der Waals surface area contributed by atoms with Crippen LogP contribution in [0.1, 0.15) is 117 Å². The maximum absolute atomic E-state index is 14.4. The first kappa shape index (κ1) is 70.4. The van der Waals surface area contributed by atoms with E-state index in [1.165, 1.54) is 58.1 Å². The van der Waals surface area contributed by atoms with Crippen molar-refractivity contribution in [1.29, 1.82) is 0 Å². The highest BCUT2D eigenvalue weighted by Gasteiger charge is 2.37. The molecule has 470 valence electrons. The molecule has 28 heteroatoms. The molecule has 3 aromatic heterocycles. The molecular weight excluding hydrogens is 1130 g/mol. The zero-order valence-electron chi connectivity index (χ0n) is 49.5. The van der Waals surface area contributed by atoms with Crippen LogP contribution >= 0.6 is 11.8 Å². The van der Waals surface area contributed by atoms with Gasteiger partial charge in [0.05, 0.1) is 30.7 Å². The van der Waals surface area contributed by atoms with Crippen molar-refractivity contribution >= 4 is 71.5 Å². The van der Waals surface area contributed by atoms with Gasteiger partial charge in [0.1, 0.15) is 73.0 Å². The van der Waals surface area contributed by atoms with Gasteiger partial charge in [-0.3, -0.25) is 43.2 Å². The Hall–Kier alpha value is -7.11. The van der Waals surface area contributed by atoms with E-state index in [9.17, 15) is 58.5 Å². The lowest BCUT2D eigenvalue weighted by Gasteiger charge is -2.34. The highest BCUT2D eigenvalue weighted by atomic mass is 32.2. The molecule has 6 bridgehead atoms. The van der Waals surface area contributed by atoms with Gasteiger partial charge in [-0.2, -0.15) is 11.8 Å². The highest BCUT2D eigenvalue weighted by Crippen LogP contribution is 2.34. The number of thioether (sulfide) groups is 1. The summed E-state index contributed by atoms with van der Waals surface area (Å²) in [5.74, 6) is -9.42. The van der Waals surface area contributed by atoms with Crippen molar-refractivity contribution in [1.82, 2.24) is 30.5 Å². The number of carbonyl (C=O) groups is 9. The maximum Gasteiger partial charge on any atom is 0.322 e. The Balaban J connectivity index is 1.70. The molecule has 7 N–H and O–H groups in total. The van der Waals surface area contributed by atoms with Crippen molar-refractivity contribution < 1.29 is 95.4 Å². The summed E-state index contributed by atoms with van der Waals surface area (Å²) in [6, 6.07) is -2.82. The predicted molar refractivity (Wildman–Crippen MR) is 304 cm³/mol. The summed E-state index contributed by atoms with van der Waals surface area (Å²) >= 11 is 0.968. The molecule has 4 rings (SSSR count). The molecule has 0 fully saturated rings. The fourth-order valence-electron chi connectivity index (χ4n) is 9.50. The third-order valence-electron chi connectivity index (χ3n) is 14.7. The van der Waals surface area contributed by atoms with Crippen LogP contribution in [0.15, 0.2) is 50.4 Å². The number of nitrogens with two attached hydrogens (primary N) is 1. The van der Waals surface area contributed by atoms with Crippen LogP contribution in [0.2, 0.25) is 0 Å². The number of nitrogens with one attached hydrogen (secondary N) is 2. The van der Waals surface area contributed by atoms with E-state index >= 15 is 0 Å². The van der Waals surface area contributed by atoms with Gasteiger partial charge in [0.2, 0.25) is 35.9 Å². The Morgan fingerprint density at radius 2 is 1.61 bits per heavy atom. The van der Waals surface area contributed by atoms with Gasteiger partial charge in [0, 0.05) is 95.9 Å². The molecule has 14 atom stereocenters. The lowest BCUT2D eigenvalue weighted by atomic mass is 9.84. The Labute approximate surface area is 496 Å². The number of aliphatic hydroxyl groups is 1. The second-order valence-corrected chi connectivity index (χ2v) is 22.5. The standard InChI is InChI=1S/C57H81N7O20S/c1-30(14-16-43(68)32(3)52(83-35(6)66)31(2)18-19-64(7)29-65)46(78-9)23-47-34(5)45(77-8)12-11-13-49-61-40(26-80-49)55-63-41(27-82-55)56-62-39(25-81-56)53(79-10)33(4)44(69)22-37(20-36(67)21-51(73)84-47)85-28-42(54(74)59-24-50(71)72)60-48(70)17-15-38(58)57(75)76/h11,13,18-19,25-27,29-34,36-38,42,45-47,52-53,67H,12,14-17,20-24,28,58H2,1-10H3,(H,59,74)(H,60,70)(H,71,72)(H,75,76)/t30-,31+,32+,33+,34+,36+,37-,38+,42+,45-,46+,47-,52-,53-/m1/s1. The minimum absolute atomic E-state index is 0.0279. The first-order valence-corrected chi connectivity index (χ1v) is 28.8. The number of cyclic esters (lactones) is 1. The number of carboxylic acid groups (broad SMARTS) is 2. The number of oxazole rings is 3. The van der Waals surface area contributed by atoms with E-state index in [4.69, 9.17) is 42.7 Å². The summed E-state index contributed by atoms with van der Waals surface area (Å²) in [7, 11) is 5.89. The van der Waals surface area contributed by atoms with Gasteiger partial charge in [-0.05, 0) is 37.7 Å². The number of aromatic nitrogens is 3. The van der Waals surface area contributed by atoms with E-state index in [0.29, 0.717) is 12.8 Å². The number of hydrogen-bond donors (Lipinski definition) is 6. The number of ketones is 2. The van der Waals surface area contributed by atoms with Gasteiger partial charge >= 0.3 is 23.9 Å². The van der Waals surface area contributed by atoms with Crippen LogP contribution in [0.25, 0.3) is 29.2 Å². The van der Waals surface area contributed by atoms with E-state index in [-0.39, 0.29) is 90.7 Å². The summed E-state index contributed by atoms with van der Waals surface area (Å²) in [4.78, 5) is 130. The van der Waals surface area contributed by atoms with Crippen LogP contribution in [0, 0.1) is 29.6 Å². The molecule has 3 aromatic rings. The molecule has 4 heterocycles. The van der Waals surface area contributed by atoms with Crippen LogP contribution in [-0.2, 0) is 66.8 Å². The third-order valence-corrected chi connectivity index (χ3v) is 16.0.